The normalized spacial score (nSPS) is 19.0. The van der Waals surface area contributed by atoms with Crippen molar-refractivity contribution in [1.82, 2.24) is 10.2 Å². The lowest BCUT2D eigenvalue weighted by Crippen LogP contribution is -2.41. The molecule has 0 bridgehead atoms. The number of halogens is 2. The summed E-state index contributed by atoms with van der Waals surface area (Å²) in [5.74, 6) is 0.893. The summed E-state index contributed by atoms with van der Waals surface area (Å²) in [6.07, 6.45) is 0.576. The van der Waals surface area contributed by atoms with Gasteiger partial charge in [-0.25, -0.2) is 0 Å². The van der Waals surface area contributed by atoms with Crippen LogP contribution in [0, 0.1) is 5.41 Å². The van der Waals surface area contributed by atoms with E-state index in [0.29, 0.717) is 16.3 Å². The SMILES string of the molecule is CCNC(=NCC(O)c1ccc(Cl)s1)N1CCC(C)(C)C1.I. The Bertz CT molecular complexity index is 507. The summed E-state index contributed by atoms with van der Waals surface area (Å²) in [7, 11) is 0. The molecule has 22 heavy (non-hydrogen) atoms. The number of rotatable bonds is 4. The van der Waals surface area contributed by atoms with Gasteiger partial charge < -0.3 is 15.3 Å². The van der Waals surface area contributed by atoms with Crippen LogP contribution in [0.4, 0.5) is 0 Å². The molecule has 4 nitrogen and oxygen atoms in total. The van der Waals surface area contributed by atoms with Gasteiger partial charge >= 0.3 is 0 Å². The van der Waals surface area contributed by atoms with Crippen LogP contribution in [0.15, 0.2) is 17.1 Å². The summed E-state index contributed by atoms with van der Waals surface area (Å²) in [5, 5.41) is 13.5. The number of aliphatic imine (C=N–C) groups is 1. The Morgan fingerprint density at radius 3 is 2.77 bits per heavy atom. The lowest BCUT2D eigenvalue weighted by molar-refractivity contribution is 0.190. The number of hydrogen-bond donors (Lipinski definition) is 2. The average molecular weight is 458 g/mol. The highest BCUT2D eigenvalue weighted by atomic mass is 127. The first-order valence-corrected chi connectivity index (χ1v) is 8.57. The van der Waals surface area contributed by atoms with Crippen molar-refractivity contribution < 1.29 is 5.11 Å². The van der Waals surface area contributed by atoms with Crippen LogP contribution in [0.1, 0.15) is 38.2 Å². The second-order valence-electron chi connectivity index (χ2n) is 6.19. The van der Waals surface area contributed by atoms with Crippen LogP contribution in [0.3, 0.4) is 0 Å². The van der Waals surface area contributed by atoms with Gasteiger partial charge in [-0.15, -0.1) is 35.3 Å². The molecule has 126 valence electrons. The van der Waals surface area contributed by atoms with Gasteiger partial charge in [-0.1, -0.05) is 25.4 Å². The van der Waals surface area contributed by atoms with E-state index in [1.807, 2.05) is 12.1 Å². The second-order valence-corrected chi connectivity index (χ2v) is 7.93. The van der Waals surface area contributed by atoms with Gasteiger partial charge in [0.1, 0.15) is 6.10 Å². The number of aliphatic hydroxyl groups is 1. The van der Waals surface area contributed by atoms with Gasteiger partial charge in [0.15, 0.2) is 5.96 Å². The zero-order valence-electron chi connectivity index (χ0n) is 13.3. The van der Waals surface area contributed by atoms with Crippen molar-refractivity contribution in [2.45, 2.75) is 33.3 Å². The molecule has 1 fully saturated rings. The van der Waals surface area contributed by atoms with Gasteiger partial charge in [0, 0.05) is 24.5 Å². The highest BCUT2D eigenvalue weighted by Crippen LogP contribution is 2.29. The maximum Gasteiger partial charge on any atom is 0.194 e. The molecule has 0 aromatic carbocycles. The molecule has 2 heterocycles. The first kappa shape index (κ1) is 20.0. The number of likely N-dealkylation sites (tertiary alicyclic amines) is 1. The standard InChI is InChI=1S/C15H24ClN3OS.HI/c1-4-17-14(19-8-7-15(2,3)10-19)18-9-11(20)12-5-6-13(16)21-12;/h5-6,11,20H,4,7-10H2,1-3H3,(H,17,18);1H. The predicted octanol–water partition coefficient (Wildman–Crippen LogP) is 3.75. The van der Waals surface area contributed by atoms with E-state index in [9.17, 15) is 5.11 Å². The fourth-order valence-corrected chi connectivity index (χ4v) is 3.53. The van der Waals surface area contributed by atoms with E-state index in [1.54, 1.807) is 0 Å². The zero-order chi connectivity index (χ0) is 15.5. The minimum absolute atomic E-state index is 0. The van der Waals surface area contributed by atoms with Crippen LogP contribution in [0.2, 0.25) is 4.34 Å². The van der Waals surface area contributed by atoms with Crippen LogP contribution in [-0.4, -0.2) is 42.1 Å². The Morgan fingerprint density at radius 1 is 1.55 bits per heavy atom. The van der Waals surface area contributed by atoms with E-state index in [2.05, 4.69) is 36.0 Å². The Labute approximate surface area is 159 Å². The molecule has 1 unspecified atom stereocenters. The van der Waals surface area contributed by atoms with Crippen molar-refractivity contribution in [3.05, 3.63) is 21.3 Å². The Hall–Kier alpha value is -0.0500. The quantitative estimate of drug-likeness (QED) is 0.411. The molecule has 2 N–H and O–H groups in total. The Balaban J connectivity index is 0.00000242. The van der Waals surface area contributed by atoms with Crippen LogP contribution in [0.5, 0.6) is 0 Å². The van der Waals surface area contributed by atoms with Crippen LogP contribution >= 0.6 is 46.9 Å². The first-order chi connectivity index (χ1) is 9.91. The smallest absolute Gasteiger partial charge is 0.194 e. The maximum atomic E-state index is 10.2. The molecule has 1 aliphatic rings. The lowest BCUT2D eigenvalue weighted by Gasteiger charge is -2.24. The van der Waals surface area contributed by atoms with E-state index < -0.39 is 6.10 Å². The van der Waals surface area contributed by atoms with Crippen molar-refractivity contribution >= 4 is 52.9 Å². The molecule has 0 spiro atoms. The molecule has 0 aliphatic carbocycles. The van der Waals surface area contributed by atoms with Gasteiger partial charge in [-0.2, -0.15) is 0 Å². The van der Waals surface area contributed by atoms with Crippen molar-refractivity contribution in [2.24, 2.45) is 10.4 Å². The summed E-state index contributed by atoms with van der Waals surface area (Å²) in [5.41, 5.74) is 0.329. The van der Waals surface area contributed by atoms with Crippen molar-refractivity contribution in [1.29, 1.82) is 0 Å². The fraction of sp³-hybridized carbons (Fsp3) is 0.667. The number of nitrogens with one attached hydrogen (secondary N) is 1. The van der Waals surface area contributed by atoms with Crippen molar-refractivity contribution in [3.8, 4) is 0 Å². The molecular weight excluding hydrogens is 433 g/mol. The minimum atomic E-state index is -0.591. The summed E-state index contributed by atoms with van der Waals surface area (Å²) in [6, 6.07) is 3.67. The second kappa shape index (κ2) is 8.70. The molecule has 1 saturated heterocycles. The highest BCUT2D eigenvalue weighted by molar-refractivity contribution is 14.0. The van der Waals surface area contributed by atoms with Crippen LogP contribution in [0.25, 0.3) is 0 Å². The molecular formula is C15H25ClIN3OS. The molecule has 1 atom stereocenters. The predicted molar refractivity (Wildman–Crippen MR) is 106 cm³/mol. The largest absolute Gasteiger partial charge is 0.386 e. The summed E-state index contributed by atoms with van der Waals surface area (Å²) in [4.78, 5) is 7.73. The van der Waals surface area contributed by atoms with Crippen LogP contribution in [-0.2, 0) is 0 Å². The average Bonchev–Trinajstić information content (AvgIpc) is 3.00. The van der Waals surface area contributed by atoms with E-state index in [-0.39, 0.29) is 24.0 Å². The summed E-state index contributed by atoms with van der Waals surface area (Å²) >= 11 is 7.31. The fourth-order valence-electron chi connectivity index (χ4n) is 2.49. The summed E-state index contributed by atoms with van der Waals surface area (Å²) < 4.78 is 0.696. The molecule has 1 aromatic rings. The van der Waals surface area contributed by atoms with Gasteiger partial charge in [0.05, 0.1) is 10.9 Å². The van der Waals surface area contributed by atoms with E-state index in [0.717, 1.165) is 30.5 Å². The van der Waals surface area contributed by atoms with Gasteiger partial charge in [-0.05, 0) is 30.9 Å². The van der Waals surface area contributed by atoms with Crippen molar-refractivity contribution in [2.75, 3.05) is 26.2 Å². The van der Waals surface area contributed by atoms with E-state index in [1.165, 1.54) is 17.8 Å². The molecule has 1 aliphatic heterocycles. The van der Waals surface area contributed by atoms with Gasteiger partial charge in [0.25, 0.3) is 0 Å². The Morgan fingerprint density at radius 2 is 2.27 bits per heavy atom. The third-order valence-electron chi connectivity index (χ3n) is 3.65. The number of nitrogens with zero attached hydrogens (tertiary/aromatic N) is 2. The lowest BCUT2D eigenvalue weighted by atomic mass is 9.93. The molecule has 7 heteroatoms. The Kier molecular flexibility index (Phi) is 7.91. The van der Waals surface area contributed by atoms with Gasteiger partial charge in [0.2, 0.25) is 0 Å². The number of hydrogen-bond acceptors (Lipinski definition) is 3. The third kappa shape index (κ3) is 5.54. The van der Waals surface area contributed by atoms with Crippen molar-refractivity contribution in [3.63, 3.8) is 0 Å². The molecule has 1 aromatic heterocycles. The topological polar surface area (TPSA) is 47.9 Å². The first-order valence-electron chi connectivity index (χ1n) is 7.38. The molecule has 0 radical (unpaired) electrons. The third-order valence-corrected chi connectivity index (χ3v) is 4.98. The highest BCUT2D eigenvalue weighted by Gasteiger charge is 2.30. The maximum absolute atomic E-state index is 10.2. The molecule has 0 saturated carbocycles. The number of guanidine groups is 1. The minimum Gasteiger partial charge on any atom is -0.386 e. The van der Waals surface area contributed by atoms with Crippen LogP contribution < -0.4 is 5.32 Å². The molecule has 0 amide bonds. The zero-order valence-corrected chi connectivity index (χ0v) is 17.2. The van der Waals surface area contributed by atoms with E-state index in [4.69, 9.17) is 11.6 Å². The number of aliphatic hydroxyl groups excluding tert-OH is 1. The van der Waals surface area contributed by atoms with E-state index >= 15 is 0 Å². The molecule has 2 rings (SSSR count). The number of thiophene rings is 1. The monoisotopic (exact) mass is 457 g/mol. The summed E-state index contributed by atoms with van der Waals surface area (Å²) in [6.45, 7) is 9.82. The van der Waals surface area contributed by atoms with Gasteiger partial charge in [-0.3, -0.25) is 4.99 Å².